The van der Waals surface area contributed by atoms with Crippen molar-refractivity contribution in [3.8, 4) is 0 Å². The van der Waals surface area contributed by atoms with Crippen LogP contribution in [0, 0.1) is 6.92 Å². The number of nitrogens with one attached hydrogen (secondary N) is 1. The first-order valence-corrected chi connectivity index (χ1v) is 6.43. The average Bonchev–Trinajstić information content (AvgIpc) is 2.37. The van der Waals surface area contributed by atoms with E-state index in [9.17, 15) is 0 Å². The summed E-state index contributed by atoms with van der Waals surface area (Å²) in [5.74, 6) is 0. The van der Waals surface area contributed by atoms with Crippen LogP contribution in [-0.2, 0) is 4.74 Å². The summed E-state index contributed by atoms with van der Waals surface area (Å²) in [5, 5.41) is 3.38. The van der Waals surface area contributed by atoms with E-state index in [1.165, 1.54) is 11.3 Å². The van der Waals surface area contributed by atoms with Crippen LogP contribution >= 0.6 is 0 Å². The lowest BCUT2D eigenvalue weighted by Gasteiger charge is -2.31. The third kappa shape index (κ3) is 3.45. The Morgan fingerprint density at radius 3 is 3.00 bits per heavy atom. The van der Waals surface area contributed by atoms with Gasteiger partial charge in [0.1, 0.15) is 0 Å². The van der Waals surface area contributed by atoms with Gasteiger partial charge in [-0.2, -0.15) is 0 Å². The molecule has 17 heavy (non-hydrogen) atoms. The molecule has 1 aromatic rings. The maximum absolute atomic E-state index is 5.76. The topological polar surface area (TPSA) is 24.5 Å². The molecule has 1 aromatic carbocycles. The Kier molecular flexibility index (Phi) is 4.40. The summed E-state index contributed by atoms with van der Waals surface area (Å²) in [4.78, 5) is 2.38. The second-order valence-corrected chi connectivity index (χ2v) is 4.57. The van der Waals surface area contributed by atoms with E-state index in [4.69, 9.17) is 4.74 Å². The van der Waals surface area contributed by atoms with Crippen LogP contribution in [0.15, 0.2) is 24.3 Å². The molecule has 1 fully saturated rings. The molecule has 1 saturated heterocycles. The number of rotatable bonds is 4. The molecule has 0 amide bonds. The van der Waals surface area contributed by atoms with Gasteiger partial charge in [0.05, 0.1) is 12.7 Å². The fourth-order valence-corrected chi connectivity index (χ4v) is 2.22. The number of ether oxygens (including phenoxy) is 1. The fourth-order valence-electron chi connectivity index (χ4n) is 2.22. The summed E-state index contributed by atoms with van der Waals surface area (Å²) in [6.07, 6.45) is 0.309. The number of aryl methyl sites for hydroxylation is 1. The zero-order valence-electron chi connectivity index (χ0n) is 10.8. The molecule has 1 aliphatic rings. The van der Waals surface area contributed by atoms with Crippen molar-refractivity contribution in [2.75, 3.05) is 37.7 Å². The molecule has 94 valence electrons. The van der Waals surface area contributed by atoms with Gasteiger partial charge < -0.3 is 15.0 Å². The molecule has 0 spiro atoms. The van der Waals surface area contributed by atoms with Gasteiger partial charge in [0, 0.05) is 31.9 Å². The van der Waals surface area contributed by atoms with Crippen LogP contribution in [0.5, 0.6) is 0 Å². The Morgan fingerprint density at radius 2 is 2.35 bits per heavy atom. The third-order valence-electron chi connectivity index (χ3n) is 3.18. The van der Waals surface area contributed by atoms with Gasteiger partial charge in [0.15, 0.2) is 0 Å². The molecule has 3 nitrogen and oxygen atoms in total. The van der Waals surface area contributed by atoms with E-state index in [1.54, 1.807) is 0 Å². The first-order valence-electron chi connectivity index (χ1n) is 6.43. The number of nitrogens with zero attached hydrogens (tertiary/aromatic N) is 1. The van der Waals surface area contributed by atoms with E-state index < -0.39 is 0 Å². The molecule has 1 aliphatic heterocycles. The molecule has 0 bridgehead atoms. The minimum Gasteiger partial charge on any atom is -0.374 e. The Balaban J connectivity index is 2.00. The minimum atomic E-state index is 0.309. The predicted molar refractivity (Wildman–Crippen MR) is 71.7 cm³/mol. The lowest BCUT2D eigenvalue weighted by Crippen LogP contribution is -2.45. The number of morpholine rings is 1. The highest BCUT2D eigenvalue weighted by Gasteiger charge is 2.16. The van der Waals surface area contributed by atoms with Crippen LogP contribution in [0.2, 0.25) is 0 Å². The van der Waals surface area contributed by atoms with Gasteiger partial charge >= 0.3 is 0 Å². The van der Waals surface area contributed by atoms with Crippen LogP contribution in [0.3, 0.4) is 0 Å². The van der Waals surface area contributed by atoms with Gasteiger partial charge in [-0.05, 0) is 31.5 Å². The SMILES string of the molecule is CCN(CC1CNCCO1)c1cccc(C)c1. The lowest BCUT2D eigenvalue weighted by atomic mass is 10.2. The van der Waals surface area contributed by atoms with E-state index in [0.717, 1.165) is 32.8 Å². The number of anilines is 1. The quantitative estimate of drug-likeness (QED) is 0.860. The van der Waals surface area contributed by atoms with Gasteiger partial charge in [-0.3, -0.25) is 0 Å². The monoisotopic (exact) mass is 234 g/mol. The van der Waals surface area contributed by atoms with Crippen LogP contribution in [0.4, 0.5) is 5.69 Å². The highest BCUT2D eigenvalue weighted by atomic mass is 16.5. The zero-order valence-corrected chi connectivity index (χ0v) is 10.8. The second kappa shape index (κ2) is 6.03. The largest absolute Gasteiger partial charge is 0.374 e. The van der Waals surface area contributed by atoms with Gasteiger partial charge in [-0.1, -0.05) is 12.1 Å². The highest BCUT2D eigenvalue weighted by Crippen LogP contribution is 2.16. The van der Waals surface area contributed by atoms with Gasteiger partial charge in [0.25, 0.3) is 0 Å². The van der Waals surface area contributed by atoms with E-state index in [1.807, 2.05) is 0 Å². The molecule has 1 unspecified atom stereocenters. The first-order chi connectivity index (χ1) is 8.29. The van der Waals surface area contributed by atoms with Gasteiger partial charge in [-0.15, -0.1) is 0 Å². The van der Waals surface area contributed by atoms with Crippen LogP contribution in [0.25, 0.3) is 0 Å². The van der Waals surface area contributed by atoms with E-state index >= 15 is 0 Å². The molecular weight excluding hydrogens is 212 g/mol. The van der Waals surface area contributed by atoms with Crippen molar-refractivity contribution < 1.29 is 4.74 Å². The normalized spacial score (nSPS) is 20.2. The average molecular weight is 234 g/mol. The molecule has 1 N–H and O–H groups in total. The Bertz CT molecular complexity index is 348. The lowest BCUT2D eigenvalue weighted by molar-refractivity contribution is 0.0335. The molecule has 0 saturated carbocycles. The third-order valence-corrected chi connectivity index (χ3v) is 3.18. The van der Waals surface area contributed by atoms with Crippen molar-refractivity contribution in [1.29, 1.82) is 0 Å². The Labute approximate surface area is 104 Å². The van der Waals surface area contributed by atoms with E-state index in [2.05, 4.69) is 48.3 Å². The minimum absolute atomic E-state index is 0.309. The van der Waals surface area contributed by atoms with E-state index in [0.29, 0.717) is 6.10 Å². The first kappa shape index (κ1) is 12.4. The molecule has 1 heterocycles. The van der Waals surface area contributed by atoms with Crippen molar-refractivity contribution in [3.63, 3.8) is 0 Å². The highest BCUT2D eigenvalue weighted by molar-refractivity contribution is 5.48. The van der Waals surface area contributed by atoms with Crippen molar-refractivity contribution in [2.24, 2.45) is 0 Å². The molecule has 0 aromatic heterocycles. The van der Waals surface area contributed by atoms with Gasteiger partial charge in [0.2, 0.25) is 0 Å². The molecular formula is C14H22N2O. The van der Waals surface area contributed by atoms with E-state index in [-0.39, 0.29) is 0 Å². The summed E-state index contributed by atoms with van der Waals surface area (Å²) < 4.78 is 5.76. The number of benzene rings is 1. The van der Waals surface area contributed by atoms with Crippen molar-refractivity contribution in [3.05, 3.63) is 29.8 Å². The van der Waals surface area contributed by atoms with Gasteiger partial charge in [-0.25, -0.2) is 0 Å². The standard InChI is InChI=1S/C14H22N2O/c1-3-16(11-14-10-15-7-8-17-14)13-6-4-5-12(2)9-13/h4-6,9,14-15H,3,7-8,10-11H2,1-2H3. The number of hydrogen-bond donors (Lipinski definition) is 1. The zero-order chi connectivity index (χ0) is 12.1. The summed E-state index contributed by atoms with van der Waals surface area (Å²) in [5.41, 5.74) is 2.60. The Hall–Kier alpha value is -1.06. The maximum atomic E-state index is 5.76. The Morgan fingerprint density at radius 1 is 1.47 bits per heavy atom. The van der Waals surface area contributed by atoms with Crippen LogP contribution in [0.1, 0.15) is 12.5 Å². The van der Waals surface area contributed by atoms with Crippen molar-refractivity contribution >= 4 is 5.69 Å². The summed E-state index contributed by atoms with van der Waals surface area (Å²) >= 11 is 0. The molecule has 2 rings (SSSR count). The number of likely N-dealkylation sites (N-methyl/N-ethyl adjacent to an activating group) is 1. The fraction of sp³-hybridized carbons (Fsp3) is 0.571. The summed E-state index contributed by atoms with van der Waals surface area (Å²) in [7, 11) is 0. The maximum Gasteiger partial charge on any atom is 0.0874 e. The summed E-state index contributed by atoms with van der Waals surface area (Å²) in [6.45, 7) is 9.08. The molecule has 0 radical (unpaired) electrons. The summed E-state index contributed by atoms with van der Waals surface area (Å²) in [6, 6.07) is 8.66. The smallest absolute Gasteiger partial charge is 0.0874 e. The molecule has 0 aliphatic carbocycles. The molecule has 3 heteroatoms. The van der Waals surface area contributed by atoms with Crippen LogP contribution < -0.4 is 10.2 Å². The van der Waals surface area contributed by atoms with Crippen LogP contribution in [-0.4, -0.2) is 38.9 Å². The van der Waals surface area contributed by atoms with Crippen molar-refractivity contribution in [2.45, 2.75) is 20.0 Å². The molecule has 1 atom stereocenters. The van der Waals surface area contributed by atoms with Crippen molar-refractivity contribution in [1.82, 2.24) is 5.32 Å². The predicted octanol–water partition coefficient (Wildman–Crippen LogP) is 1.81. The number of hydrogen-bond acceptors (Lipinski definition) is 3. The second-order valence-electron chi connectivity index (χ2n) is 4.57.